The Morgan fingerprint density at radius 3 is 2.41 bits per heavy atom. The molecule has 0 bridgehead atoms. The van der Waals surface area contributed by atoms with Crippen LogP contribution in [-0.4, -0.2) is 17.6 Å². The lowest BCUT2D eigenvalue weighted by atomic mass is 9.96. The molecule has 3 nitrogen and oxygen atoms in total. The van der Waals surface area contributed by atoms with Crippen LogP contribution in [-0.2, 0) is 5.60 Å². The largest absolute Gasteiger partial charge is 0.384 e. The molecule has 2 N–H and O–H groups in total. The van der Waals surface area contributed by atoms with Crippen LogP contribution in [0.4, 0.5) is 13.2 Å². The summed E-state index contributed by atoms with van der Waals surface area (Å²) in [5.74, 6) is -3.68. The highest BCUT2D eigenvalue weighted by atomic mass is 19.2. The number of rotatable bonds is 4. The summed E-state index contributed by atoms with van der Waals surface area (Å²) in [5, 5.41) is 12.6. The van der Waals surface area contributed by atoms with Crippen LogP contribution in [0.15, 0.2) is 42.5 Å². The zero-order valence-electron chi connectivity index (χ0n) is 11.7. The van der Waals surface area contributed by atoms with E-state index < -0.39 is 34.5 Å². The highest BCUT2D eigenvalue weighted by Gasteiger charge is 2.25. The fraction of sp³-hybridized carbons (Fsp3) is 0.188. The third-order valence-corrected chi connectivity index (χ3v) is 3.26. The van der Waals surface area contributed by atoms with E-state index in [1.165, 1.54) is 37.3 Å². The van der Waals surface area contributed by atoms with Gasteiger partial charge in [0.1, 0.15) is 11.4 Å². The number of carbonyl (C=O) groups is 1. The van der Waals surface area contributed by atoms with Gasteiger partial charge in [-0.2, -0.15) is 0 Å². The first-order chi connectivity index (χ1) is 10.3. The third kappa shape index (κ3) is 3.46. The second kappa shape index (κ2) is 6.19. The number of nitrogens with one attached hydrogen (secondary N) is 1. The number of hydrogen-bond donors (Lipinski definition) is 2. The number of amides is 1. The quantitative estimate of drug-likeness (QED) is 0.912. The first-order valence-corrected chi connectivity index (χ1v) is 6.52. The number of halogens is 3. The van der Waals surface area contributed by atoms with E-state index in [1.807, 2.05) is 0 Å². The Labute approximate surface area is 125 Å². The lowest BCUT2D eigenvalue weighted by molar-refractivity contribution is 0.0524. The van der Waals surface area contributed by atoms with E-state index in [4.69, 9.17) is 0 Å². The zero-order valence-corrected chi connectivity index (χ0v) is 11.7. The standard InChI is InChI=1S/C16H14F3NO2/c1-16(22,10-5-7-11(17)8-6-10)9-20-15(21)12-3-2-4-13(18)14(12)19/h2-8,22H,9H2,1H3,(H,20,21). The summed E-state index contributed by atoms with van der Waals surface area (Å²) in [6.07, 6.45) is 0. The molecule has 0 aliphatic rings. The molecule has 22 heavy (non-hydrogen) atoms. The van der Waals surface area contributed by atoms with Crippen LogP contribution in [0.25, 0.3) is 0 Å². The Kier molecular flexibility index (Phi) is 4.51. The van der Waals surface area contributed by atoms with Crippen molar-refractivity contribution in [3.63, 3.8) is 0 Å². The number of aliphatic hydroxyl groups is 1. The monoisotopic (exact) mass is 309 g/mol. The molecular weight excluding hydrogens is 295 g/mol. The SMILES string of the molecule is CC(O)(CNC(=O)c1cccc(F)c1F)c1ccc(F)cc1. The Morgan fingerprint density at radius 2 is 1.77 bits per heavy atom. The fourth-order valence-corrected chi connectivity index (χ4v) is 1.94. The minimum absolute atomic E-state index is 0.243. The summed E-state index contributed by atoms with van der Waals surface area (Å²) in [6.45, 7) is 1.18. The van der Waals surface area contributed by atoms with E-state index in [0.717, 1.165) is 12.1 Å². The van der Waals surface area contributed by atoms with Crippen molar-refractivity contribution in [3.8, 4) is 0 Å². The van der Waals surface area contributed by atoms with Gasteiger partial charge in [-0.3, -0.25) is 4.79 Å². The smallest absolute Gasteiger partial charge is 0.254 e. The van der Waals surface area contributed by atoms with E-state index in [1.54, 1.807) is 0 Å². The number of hydrogen-bond acceptors (Lipinski definition) is 2. The molecule has 6 heteroatoms. The summed E-state index contributed by atoms with van der Waals surface area (Å²) in [4.78, 5) is 11.9. The molecule has 0 spiro atoms. The molecule has 1 unspecified atom stereocenters. The number of carbonyl (C=O) groups excluding carboxylic acids is 1. The molecule has 2 aromatic carbocycles. The molecule has 0 heterocycles. The van der Waals surface area contributed by atoms with Crippen LogP contribution in [0.3, 0.4) is 0 Å². The third-order valence-electron chi connectivity index (χ3n) is 3.26. The van der Waals surface area contributed by atoms with Crippen LogP contribution in [0.5, 0.6) is 0 Å². The Bertz CT molecular complexity index is 684. The predicted octanol–water partition coefficient (Wildman–Crippen LogP) is 2.74. The maximum atomic E-state index is 13.5. The molecule has 0 saturated carbocycles. The Balaban J connectivity index is 2.09. The summed E-state index contributed by atoms with van der Waals surface area (Å²) >= 11 is 0. The molecule has 0 saturated heterocycles. The van der Waals surface area contributed by atoms with Crippen LogP contribution in [0.1, 0.15) is 22.8 Å². The van der Waals surface area contributed by atoms with Crippen molar-refractivity contribution < 1.29 is 23.1 Å². The van der Waals surface area contributed by atoms with Crippen molar-refractivity contribution in [3.05, 3.63) is 71.0 Å². The molecule has 0 fully saturated rings. The molecule has 2 rings (SSSR count). The van der Waals surface area contributed by atoms with Gasteiger partial charge in [-0.1, -0.05) is 18.2 Å². The van der Waals surface area contributed by atoms with Crippen LogP contribution >= 0.6 is 0 Å². The molecular formula is C16H14F3NO2. The summed E-state index contributed by atoms with van der Waals surface area (Å²) in [6, 6.07) is 8.37. The molecule has 0 aliphatic carbocycles. The average molecular weight is 309 g/mol. The van der Waals surface area contributed by atoms with Gasteiger partial charge in [0.2, 0.25) is 0 Å². The highest BCUT2D eigenvalue weighted by Crippen LogP contribution is 2.20. The van der Waals surface area contributed by atoms with E-state index in [2.05, 4.69) is 5.32 Å². The normalized spacial score (nSPS) is 13.5. The Hall–Kier alpha value is -2.34. The van der Waals surface area contributed by atoms with E-state index in [0.29, 0.717) is 5.56 Å². The lowest BCUT2D eigenvalue weighted by Gasteiger charge is -2.24. The Morgan fingerprint density at radius 1 is 1.14 bits per heavy atom. The minimum atomic E-state index is -1.48. The first kappa shape index (κ1) is 16.0. The molecule has 0 aliphatic heterocycles. The molecule has 0 aromatic heterocycles. The van der Waals surface area contributed by atoms with Gasteiger partial charge in [0, 0.05) is 0 Å². The maximum Gasteiger partial charge on any atom is 0.254 e. The summed E-state index contributed by atoms with van der Waals surface area (Å²) in [7, 11) is 0. The van der Waals surface area contributed by atoms with Gasteiger partial charge in [-0.15, -0.1) is 0 Å². The zero-order chi connectivity index (χ0) is 16.3. The van der Waals surface area contributed by atoms with Crippen LogP contribution in [0.2, 0.25) is 0 Å². The molecule has 1 amide bonds. The summed E-state index contributed by atoms with van der Waals surface area (Å²) < 4.78 is 39.4. The van der Waals surface area contributed by atoms with Gasteiger partial charge in [-0.05, 0) is 36.8 Å². The summed E-state index contributed by atoms with van der Waals surface area (Å²) in [5.41, 5.74) is -1.54. The van der Waals surface area contributed by atoms with Gasteiger partial charge in [0.25, 0.3) is 5.91 Å². The van der Waals surface area contributed by atoms with Crippen molar-refractivity contribution >= 4 is 5.91 Å². The second-order valence-electron chi connectivity index (χ2n) is 5.06. The van der Waals surface area contributed by atoms with Gasteiger partial charge in [0.05, 0.1) is 12.1 Å². The van der Waals surface area contributed by atoms with Crippen LogP contribution < -0.4 is 5.32 Å². The van der Waals surface area contributed by atoms with Gasteiger partial charge in [-0.25, -0.2) is 13.2 Å². The van der Waals surface area contributed by atoms with Crippen molar-refractivity contribution in [1.29, 1.82) is 0 Å². The predicted molar refractivity (Wildman–Crippen MR) is 74.7 cm³/mol. The lowest BCUT2D eigenvalue weighted by Crippen LogP contribution is -2.39. The van der Waals surface area contributed by atoms with Crippen molar-refractivity contribution in [2.45, 2.75) is 12.5 Å². The van der Waals surface area contributed by atoms with Crippen molar-refractivity contribution in [1.82, 2.24) is 5.32 Å². The molecule has 116 valence electrons. The molecule has 2 aromatic rings. The highest BCUT2D eigenvalue weighted by molar-refractivity contribution is 5.94. The first-order valence-electron chi connectivity index (χ1n) is 6.52. The van der Waals surface area contributed by atoms with Crippen molar-refractivity contribution in [2.24, 2.45) is 0 Å². The maximum absolute atomic E-state index is 13.5. The van der Waals surface area contributed by atoms with Crippen molar-refractivity contribution in [2.75, 3.05) is 6.54 Å². The molecule has 0 radical (unpaired) electrons. The van der Waals surface area contributed by atoms with Gasteiger partial charge in [0.15, 0.2) is 11.6 Å². The van der Waals surface area contributed by atoms with E-state index in [9.17, 15) is 23.1 Å². The second-order valence-corrected chi connectivity index (χ2v) is 5.06. The number of benzene rings is 2. The van der Waals surface area contributed by atoms with Gasteiger partial charge < -0.3 is 10.4 Å². The van der Waals surface area contributed by atoms with E-state index in [-0.39, 0.29) is 6.54 Å². The topological polar surface area (TPSA) is 49.3 Å². The van der Waals surface area contributed by atoms with E-state index >= 15 is 0 Å². The molecule has 1 atom stereocenters. The average Bonchev–Trinajstić information content (AvgIpc) is 2.48. The fourth-order valence-electron chi connectivity index (χ4n) is 1.94. The van der Waals surface area contributed by atoms with Gasteiger partial charge >= 0.3 is 0 Å². The minimum Gasteiger partial charge on any atom is -0.384 e. The van der Waals surface area contributed by atoms with Crippen LogP contribution in [0, 0.1) is 17.5 Å².